The van der Waals surface area contributed by atoms with Crippen molar-refractivity contribution in [1.29, 1.82) is 0 Å². The lowest BCUT2D eigenvalue weighted by Crippen LogP contribution is -2.03. The molecular formula is C22H20N4O2S. The van der Waals surface area contributed by atoms with Gasteiger partial charge in [0.1, 0.15) is 5.58 Å². The highest BCUT2D eigenvalue weighted by Crippen LogP contribution is 2.30. The van der Waals surface area contributed by atoms with Crippen LogP contribution in [0, 0.1) is 13.8 Å². The summed E-state index contributed by atoms with van der Waals surface area (Å²) >= 11 is 1.53. The summed E-state index contributed by atoms with van der Waals surface area (Å²) in [7, 11) is 0. The maximum atomic E-state index is 12.1. The van der Waals surface area contributed by atoms with Gasteiger partial charge in [-0.3, -0.25) is 9.55 Å². The van der Waals surface area contributed by atoms with E-state index >= 15 is 0 Å². The second kappa shape index (κ2) is 8.05. The lowest BCUT2D eigenvalue weighted by molar-refractivity contribution is 0.557. The second-order valence-electron chi connectivity index (χ2n) is 6.70. The maximum absolute atomic E-state index is 12.1. The van der Waals surface area contributed by atoms with Crippen molar-refractivity contribution in [3.05, 3.63) is 82.5 Å². The third kappa shape index (κ3) is 3.73. The number of aromatic nitrogens is 4. The van der Waals surface area contributed by atoms with Crippen molar-refractivity contribution >= 4 is 22.7 Å². The smallest absolute Gasteiger partial charge is 0.336 e. The van der Waals surface area contributed by atoms with Gasteiger partial charge < -0.3 is 4.42 Å². The van der Waals surface area contributed by atoms with Gasteiger partial charge in [0.2, 0.25) is 0 Å². The summed E-state index contributed by atoms with van der Waals surface area (Å²) in [6.45, 7) is 8.41. The minimum atomic E-state index is -0.341. The SMILES string of the molecule is C=CCn1c(SCc2cc(=O)oc3c(C)c(C)ccc23)nnc1-c1ccncc1. The first-order valence-electron chi connectivity index (χ1n) is 9.18. The highest BCUT2D eigenvalue weighted by molar-refractivity contribution is 7.98. The van der Waals surface area contributed by atoms with Gasteiger partial charge in [-0.25, -0.2) is 4.79 Å². The molecule has 0 unspecified atom stereocenters. The summed E-state index contributed by atoms with van der Waals surface area (Å²) in [5.41, 5.74) is 4.26. The standard InChI is InChI=1S/C22H20N4O2S/c1-4-11-26-21(16-7-9-23-10-8-16)24-25-22(26)29-13-17-12-19(27)28-20-15(3)14(2)5-6-18(17)20/h4-10,12H,1,11,13H2,2-3H3. The van der Waals surface area contributed by atoms with Crippen LogP contribution < -0.4 is 5.63 Å². The molecule has 29 heavy (non-hydrogen) atoms. The summed E-state index contributed by atoms with van der Waals surface area (Å²) in [5, 5.41) is 10.4. The fourth-order valence-electron chi connectivity index (χ4n) is 3.19. The Morgan fingerprint density at radius 2 is 1.97 bits per heavy atom. The van der Waals surface area contributed by atoms with Gasteiger partial charge in [-0.1, -0.05) is 30.0 Å². The molecule has 7 heteroatoms. The number of allylic oxidation sites excluding steroid dienone is 1. The van der Waals surface area contributed by atoms with E-state index in [0.717, 1.165) is 38.6 Å². The van der Waals surface area contributed by atoms with Gasteiger partial charge in [-0.2, -0.15) is 0 Å². The van der Waals surface area contributed by atoms with Crippen molar-refractivity contribution in [2.45, 2.75) is 31.3 Å². The molecule has 0 aliphatic rings. The predicted molar refractivity (Wildman–Crippen MR) is 115 cm³/mol. The molecule has 0 saturated carbocycles. The first-order valence-corrected chi connectivity index (χ1v) is 10.2. The van der Waals surface area contributed by atoms with Crippen LogP contribution in [0.4, 0.5) is 0 Å². The first-order chi connectivity index (χ1) is 14.1. The maximum Gasteiger partial charge on any atom is 0.336 e. The van der Waals surface area contributed by atoms with E-state index < -0.39 is 0 Å². The minimum Gasteiger partial charge on any atom is -0.422 e. The summed E-state index contributed by atoms with van der Waals surface area (Å²) in [6.07, 6.45) is 5.28. The Labute approximate surface area is 172 Å². The molecule has 4 aromatic rings. The Bertz CT molecular complexity index is 1250. The summed E-state index contributed by atoms with van der Waals surface area (Å²) < 4.78 is 7.48. The number of hydrogen-bond acceptors (Lipinski definition) is 6. The lowest BCUT2D eigenvalue weighted by atomic mass is 10.0. The van der Waals surface area contributed by atoms with Crippen molar-refractivity contribution in [3.63, 3.8) is 0 Å². The number of thioether (sulfide) groups is 1. The summed E-state index contributed by atoms with van der Waals surface area (Å²) in [5.74, 6) is 1.34. The minimum absolute atomic E-state index is 0.341. The number of benzene rings is 1. The highest BCUT2D eigenvalue weighted by atomic mass is 32.2. The van der Waals surface area contributed by atoms with Gasteiger partial charge in [-0.05, 0) is 42.7 Å². The normalized spacial score (nSPS) is 11.1. The molecule has 0 atom stereocenters. The van der Waals surface area contributed by atoms with E-state index in [4.69, 9.17) is 4.42 Å². The Morgan fingerprint density at radius 1 is 1.17 bits per heavy atom. The van der Waals surface area contributed by atoms with Gasteiger partial charge in [0.25, 0.3) is 0 Å². The van der Waals surface area contributed by atoms with Crippen LogP contribution >= 0.6 is 11.8 Å². The Balaban J connectivity index is 1.70. The second-order valence-corrected chi connectivity index (χ2v) is 7.65. The molecule has 0 spiro atoms. The van der Waals surface area contributed by atoms with Crippen LogP contribution in [-0.2, 0) is 12.3 Å². The van der Waals surface area contributed by atoms with Crippen molar-refractivity contribution in [2.24, 2.45) is 0 Å². The van der Waals surface area contributed by atoms with Crippen LogP contribution in [-0.4, -0.2) is 19.7 Å². The third-order valence-electron chi connectivity index (χ3n) is 4.84. The zero-order chi connectivity index (χ0) is 20.4. The summed E-state index contributed by atoms with van der Waals surface area (Å²) in [6, 6.07) is 9.42. The van der Waals surface area contributed by atoms with Gasteiger partial charge in [0, 0.05) is 41.7 Å². The molecule has 0 bridgehead atoms. The summed E-state index contributed by atoms with van der Waals surface area (Å²) in [4.78, 5) is 16.2. The van der Waals surface area contributed by atoms with E-state index in [1.165, 1.54) is 11.8 Å². The van der Waals surface area contributed by atoms with Gasteiger partial charge in [0.05, 0.1) is 0 Å². The molecule has 0 saturated heterocycles. The topological polar surface area (TPSA) is 73.8 Å². The molecule has 0 radical (unpaired) electrons. The number of nitrogens with zero attached hydrogens (tertiary/aromatic N) is 4. The van der Waals surface area contributed by atoms with Gasteiger partial charge in [0.15, 0.2) is 11.0 Å². The average molecular weight is 404 g/mol. The molecule has 6 nitrogen and oxygen atoms in total. The van der Waals surface area contributed by atoms with Gasteiger partial charge in [-0.15, -0.1) is 16.8 Å². The molecule has 4 rings (SSSR count). The van der Waals surface area contributed by atoms with Crippen molar-refractivity contribution in [3.8, 4) is 11.4 Å². The number of aryl methyl sites for hydroxylation is 2. The molecule has 3 heterocycles. The molecule has 146 valence electrons. The van der Waals surface area contributed by atoms with E-state index in [2.05, 4.69) is 21.8 Å². The molecule has 0 aliphatic carbocycles. The van der Waals surface area contributed by atoms with E-state index in [-0.39, 0.29) is 5.63 Å². The number of hydrogen-bond donors (Lipinski definition) is 0. The molecule has 0 fully saturated rings. The molecular weight excluding hydrogens is 384 g/mol. The number of fused-ring (bicyclic) bond motifs is 1. The molecule has 0 amide bonds. The highest BCUT2D eigenvalue weighted by Gasteiger charge is 2.15. The van der Waals surface area contributed by atoms with Crippen LogP contribution in [0.1, 0.15) is 16.7 Å². The van der Waals surface area contributed by atoms with Crippen molar-refractivity contribution < 1.29 is 4.42 Å². The zero-order valence-corrected chi connectivity index (χ0v) is 17.1. The zero-order valence-electron chi connectivity index (χ0n) is 16.3. The Morgan fingerprint density at radius 3 is 2.72 bits per heavy atom. The van der Waals surface area contributed by atoms with Crippen LogP contribution in [0.15, 0.2) is 69.7 Å². The van der Waals surface area contributed by atoms with Crippen LogP contribution in [0.25, 0.3) is 22.4 Å². The number of pyridine rings is 1. The van der Waals surface area contributed by atoms with E-state index in [0.29, 0.717) is 17.9 Å². The molecule has 3 aromatic heterocycles. The van der Waals surface area contributed by atoms with Crippen LogP contribution in [0.2, 0.25) is 0 Å². The fourth-order valence-corrected chi connectivity index (χ4v) is 4.13. The van der Waals surface area contributed by atoms with Crippen molar-refractivity contribution in [1.82, 2.24) is 19.7 Å². The van der Waals surface area contributed by atoms with E-state index in [9.17, 15) is 4.79 Å². The van der Waals surface area contributed by atoms with E-state index in [1.54, 1.807) is 18.5 Å². The van der Waals surface area contributed by atoms with Crippen molar-refractivity contribution in [2.75, 3.05) is 0 Å². The average Bonchev–Trinajstić information content (AvgIpc) is 3.13. The Kier molecular flexibility index (Phi) is 5.31. The van der Waals surface area contributed by atoms with Crippen LogP contribution in [0.5, 0.6) is 0 Å². The number of rotatable bonds is 6. The largest absolute Gasteiger partial charge is 0.422 e. The molecule has 0 aliphatic heterocycles. The van der Waals surface area contributed by atoms with Crippen LogP contribution in [0.3, 0.4) is 0 Å². The van der Waals surface area contributed by atoms with E-state index in [1.807, 2.05) is 48.8 Å². The fraction of sp³-hybridized carbons (Fsp3) is 0.182. The Hall–Kier alpha value is -3.19. The third-order valence-corrected chi connectivity index (χ3v) is 5.86. The predicted octanol–water partition coefficient (Wildman–Crippen LogP) is 4.54. The lowest BCUT2D eigenvalue weighted by Gasteiger charge is -2.10. The molecule has 0 N–H and O–H groups in total. The van der Waals surface area contributed by atoms with Gasteiger partial charge >= 0.3 is 5.63 Å². The quantitative estimate of drug-likeness (QED) is 0.267. The first kappa shape index (κ1) is 19.1. The monoisotopic (exact) mass is 404 g/mol. The molecule has 1 aromatic carbocycles.